The molecular weight excluding hydrogens is 268 g/mol. The highest BCUT2D eigenvalue weighted by atomic mass is 79.9. The second-order valence-electron chi connectivity index (χ2n) is 4.41. The van der Waals surface area contributed by atoms with E-state index >= 15 is 0 Å². The first-order valence-electron chi connectivity index (χ1n) is 5.40. The van der Waals surface area contributed by atoms with Gasteiger partial charge in [-0.2, -0.15) is 0 Å². The van der Waals surface area contributed by atoms with E-state index in [-0.39, 0.29) is 11.4 Å². The van der Waals surface area contributed by atoms with Gasteiger partial charge in [-0.3, -0.25) is 4.79 Å². The van der Waals surface area contributed by atoms with E-state index in [1.807, 2.05) is 24.3 Å². The highest BCUT2D eigenvalue weighted by Gasteiger charge is 2.38. The molecule has 0 bridgehead atoms. The summed E-state index contributed by atoms with van der Waals surface area (Å²) in [6.07, 6.45) is 1.49. The first-order valence-corrected chi connectivity index (χ1v) is 6.20. The Morgan fingerprint density at radius 2 is 2.31 bits per heavy atom. The van der Waals surface area contributed by atoms with Crippen LogP contribution in [0.1, 0.15) is 26.7 Å². The number of anilines is 1. The van der Waals surface area contributed by atoms with Crippen molar-refractivity contribution in [2.45, 2.75) is 32.2 Å². The van der Waals surface area contributed by atoms with E-state index in [2.05, 4.69) is 35.2 Å². The van der Waals surface area contributed by atoms with Crippen molar-refractivity contribution in [1.29, 1.82) is 0 Å². The van der Waals surface area contributed by atoms with Gasteiger partial charge < -0.3 is 0 Å². The van der Waals surface area contributed by atoms with Crippen molar-refractivity contribution in [1.82, 2.24) is 5.43 Å². The molecule has 1 unspecified atom stereocenters. The van der Waals surface area contributed by atoms with Gasteiger partial charge in [-0.25, -0.2) is 10.4 Å². The summed E-state index contributed by atoms with van der Waals surface area (Å²) in [4.78, 5) is 11.9. The zero-order valence-electron chi connectivity index (χ0n) is 9.46. The largest absolute Gasteiger partial charge is 0.273 e. The van der Waals surface area contributed by atoms with E-state index in [1.54, 1.807) is 5.01 Å². The number of halogens is 1. The summed E-state index contributed by atoms with van der Waals surface area (Å²) in [5.74, 6) is 0.127. The third kappa shape index (κ3) is 2.13. The lowest BCUT2D eigenvalue weighted by Crippen LogP contribution is -2.44. The smallest absolute Gasteiger partial charge is 0.243 e. The second-order valence-corrected chi connectivity index (χ2v) is 5.33. The zero-order valence-corrected chi connectivity index (χ0v) is 11.0. The molecule has 86 valence electrons. The van der Waals surface area contributed by atoms with Gasteiger partial charge in [0.15, 0.2) is 0 Å². The van der Waals surface area contributed by atoms with Gasteiger partial charge in [0, 0.05) is 16.4 Å². The van der Waals surface area contributed by atoms with E-state index in [0.717, 1.165) is 16.6 Å². The standard InChI is InChI=1S/C12H15BrN2O/c1-3-12(2)8-11(16)15(14-12)10-6-4-5-9(13)7-10/h4-7,14H,3,8H2,1-2H3. The maximum atomic E-state index is 11.9. The Morgan fingerprint density at radius 3 is 2.88 bits per heavy atom. The molecule has 1 fully saturated rings. The van der Waals surface area contributed by atoms with Gasteiger partial charge in [0.25, 0.3) is 0 Å². The Hall–Kier alpha value is -0.870. The highest BCUT2D eigenvalue weighted by Crippen LogP contribution is 2.28. The van der Waals surface area contributed by atoms with Gasteiger partial charge in [0.05, 0.1) is 5.69 Å². The summed E-state index contributed by atoms with van der Waals surface area (Å²) in [5.41, 5.74) is 4.05. The molecule has 1 amide bonds. The number of nitrogens with zero attached hydrogens (tertiary/aromatic N) is 1. The second kappa shape index (κ2) is 4.18. The van der Waals surface area contributed by atoms with Gasteiger partial charge in [0.2, 0.25) is 5.91 Å². The Morgan fingerprint density at radius 1 is 1.56 bits per heavy atom. The molecule has 1 aliphatic heterocycles. The van der Waals surface area contributed by atoms with Crippen LogP contribution in [-0.4, -0.2) is 11.4 Å². The number of benzene rings is 1. The van der Waals surface area contributed by atoms with Gasteiger partial charge in [0.1, 0.15) is 0 Å². The molecule has 0 saturated carbocycles. The summed E-state index contributed by atoms with van der Waals surface area (Å²) in [6, 6.07) is 7.74. The fraction of sp³-hybridized carbons (Fsp3) is 0.417. The van der Waals surface area contributed by atoms with E-state index in [4.69, 9.17) is 0 Å². The van der Waals surface area contributed by atoms with Crippen LogP contribution in [0.5, 0.6) is 0 Å². The molecule has 1 atom stereocenters. The summed E-state index contributed by atoms with van der Waals surface area (Å²) in [5, 5.41) is 1.65. The van der Waals surface area contributed by atoms with Crippen molar-refractivity contribution >= 4 is 27.5 Å². The molecular formula is C12H15BrN2O. The fourth-order valence-electron chi connectivity index (χ4n) is 1.81. The number of carbonyl (C=O) groups is 1. The van der Waals surface area contributed by atoms with Crippen molar-refractivity contribution in [2.75, 3.05) is 5.01 Å². The topological polar surface area (TPSA) is 32.3 Å². The Bertz CT molecular complexity index is 421. The molecule has 1 heterocycles. The van der Waals surface area contributed by atoms with Crippen LogP contribution < -0.4 is 10.4 Å². The maximum Gasteiger partial charge on any atom is 0.243 e. The lowest BCUT2D eigenvalue weighted by Gasteiger charge is -2.24. The summed E-state index contributed by atoms with van der Waals surface area (Å²) < 4.78 is 0.977. The van der Waals surface area contributed by atoms with Crippen molar-refractivity contribution in [3.8, 4) is 0 Å². The van der Waals surface area contributed by atoms with Crippen LogP contribution in [0.15, 0.2) is 28.7 Å². The lowest BCUT2D eigenvalue weighted by molar-refractivity contribution is -0.117. The van der Waals surface area contributed by atoms with Crippen molar-refractivity contribution in [3.05, 3.63) is 28.7 Å². The molecule has 0 spiro atoms. The highest BCUT2D eigenvalue weighted by molar-refractivity contribution is 9.10. The minimum absolute atomic E-state index is 0.112. The number of rotatable bonds is 2. The number of hydrogen-bond donors (Lipinski definition) is 1. The minimum atomic E-state index is -0.112. The first kappa shape index (κ1) is 11.6. The van der Waals surface area contributed by atoms with E-state index < -0.39 is 0 Å². The molecule has 1 aliphatic rings. The summed E-state index contributed by atoms with van der Waals surface area (Å²) in [6.45, 7) is 4.16. The van der Waals surface area contributed by atoms with Crippen LogP contribution in [0.4, 0.5) is 5.69 Å². The lowest BCUT2D eigenvalue weighted by atomic mass is 9.97. The van der Waals surface area contributed by atoms with Crippen LogP contribution in [0.3, 0.4) is 0 Å². The van der Waals surface area contributed by atoms with Crippen molar-refractivity contribution in [2.24, 2.45) is 0 Å². The first-order chi connectivity index (χ1) is 7.54. The minimum Gasteiger partial charge on any atom is -0.273 e. The summed E-state index contributed by atoms with van der Waals surface area (Å²) >= 11 is 3.41. The predicted octanol–water partition coefficient (Wildman–Crippen LogP) is 2.86. The number of amides is 1. The number of carbonyl (C=O) groups excluding carboxylic acids is 1. The van der Waals surface area contributed by atoms with Gasteiger partial charge in [-0.1, -0.05) is 28.9 Å². The van der Waals surface area contributed by atoms with Crippen molar-refractivity contribution in [3.63, 3.8) is 0 Å². The molecule has 1 N–H and O–H groups in total. The summed E-state index contributed by atoms with van der Waals surface area (Å²) in [7, 11) is 0. The molecule has 0 radical (unpaired) electrons. The molecule has 0 aromatic heterocycles. The Balaban J connectivity index is 2.27. The molecule has 0 aliphatic carbocycles. The van der Waals surface area contributed by atoms with Gasteiger partial charge in [-0.15, -0.1) is 0 Å². The third-order valence-corrected chi connectivity index (χ3v) is 3.51. The van der Waals surface area contributed by atoms with Crippen LogP contribution >= 0.6 is 15.9 Å². The van der Waals surface area contributed by atoms with E-state index in [9.17, 15) is 4.79 Å². The van der Waals surface area contributed by atoms with E-state index in [0.29, 0.717) is 6.42 Å². The van der Waals surface area contributed by atoms with Crippen LogP contribution in [0, 0.1) is 0 Å². The molecule has 4 heteroatoms. The van der Waals surface area contributed by atoms with Crippen LogP contribution in [0.25, 0.3) is 0 Å². The number of nitrogens with one attached hydrogen (secondary N) is 1. The fourth-order valence-corrected chi connectivity index (χ4v) is 2.20. The third-order valence-electron chi connectivity index (χ3n) is 3.02. The van der Waals surface area contributed by atoms with Gasteiger partial charge in [-0.05, 0) is 31.5 Å². The molecule has 16 heavy (non-hydrogen) atoms. The molecule has 1 aromatic rings. The molecule has 1 saturated heterocycles. The average Bonchev–Trinajstić information content (AvgIpc) is 2.55. The van der Waals surface area contributed by atoms with Crippen molar-refractivity contribution < 1.29 is 4.79 Å². The quantitative estimate of drug-likeness (QED) is 0.905. The van der Waals surface area contributed by atoms with Crippen LogP contribution in [-0.2, 0) is 4.79 Å². The average molecular weight is 283 g/mol. The van der Waals surface area contributed by atoms with Gasteiger partial charge >= 0.3 is 0 Å². The van der Waals surface area contributed by atoms with Crippen LogP contribution in [0.2, 0.25) is 0 Å². The molecule has 3 nitrogen and oxygen atoms in total. The monoisotopic (exact) mass is 282 g/mol. The zero-order chi connectivity index (χ0) is 11.8. The number of hydrazine groups is 1. The molecule has 2 rings (SSSR count). The normalized spacial score (nSPS) is 25.2. The Kier molecular flexibility index (Phi) is 3.04. The van der Waals surface area contributed by atoms with E-state index in [1.165, 1.54) is 0 Å². The Labute approximate surface area is 104 Å². The SMILES string of the molecule is CCC1(C)CC(=O)N(c2cccc(Br)c2)N1. The number of hydrogen-bond acceptors (Lipinski definition) is 2. The predicted molar refractivity (Wildman–Crippen MR) is 68.1 cm³/mol. The molecule has 1 aromatic carbocycles. The maximum absolute atomic E-state index is 11.9.